The summed E-state index contributed by atoms with van der Waals surface area (Å²) < 4.78 is 0. The van der Waals surface area contributed by atoms with Crippen molar-refractivity contribution in [1.29, 1.82) is 0 Å². The Balaban J connectivity index is 2.40. The van der Waals surface area contributed by atoms with E-state index in [0.29, 0.717) is 17.4 Å². The maximum absolute atomic E-state index is 9.64. The van der Waals surface area contributed by atoms with Crippen molar-refractivity contribution in [1.82, 2.24) is 5.32 Å². The van der Waals surface area contributed by atoms with Crippen molar-refractivity contribution in [2.45, 2.75) is 60.1 Å². The highest BCUT2D eigenvalue weighted by molar-refractivity contribution is 5.02. The van der Waals surface area contributed by atoms with Crippen molar-refractivity contribution in [3.63, 3.8) is 0 Å². The van der Waals surface area contributed by atoms with E-state index in [-0.39, 0.29) is 11.5 Å². The molecule has 0 bridgehead atoms. The lowest BCUT2D eigenvalue weighted by atomic mass is 9.64. The Morgan fingerprint density at radius 1 is 1.40 bits per heavy atom. The average Bonchev–Trinajstić information content (AvgIpc) is 2.11. The molecule has 0 radical (unpaired) electrons. The molecule has 2 N–H and O–H groups in total. The summed E-state index contributed by atoms with van der Waals surface area (Å²) in [7, 11) is 0. The van der Waals surface area contributed by atoms with Gasteiger partial charge >= 0.3 is 0 Å². The molecule has 1 fully saturated rings. The molecule has 1 aliphatic rings. The fourth-order valence-electron chi connectivity index (χ4n) is 1.84. The van der Waals surface area contributed by atoms with Gasteiger partial charge in [0.25, 0.3) is 0 Å². The summed E-state index contributed by atoms with van der Waals surface area (Å²) in [6.07, 6.45) is 0.776. The van der Waals surface area contributed by atoms with E-state index in [0.717, 1.165) is 13.0 Å². The predicted molar refractivity (Wildman–Crippen MR) is 64.8 cm³/mol. The molecule has 1 aliphatic carbocycles. The van der Waals surface area contributed by atoms with E-state index in [1.165, 1.54) is 0 Å². The minimum Gasteiger partial charge on any atom is -0.392 e. The van der Waals surface area contributed by atoms with Crippen LogP contribution in [0.5, 0.6) is 0 Å². The van der Waals surface area contributed by atoms with Crippen LogP contribution >= 0.6 is 0 Å². The molecule has 90 valence electrons. The summed E-state index contributed by atoms with van der Waals surface area (Å²) in [5, 5.41) is 13.2. The van der Waals surface area contributed by atoms with Crippen LogP contribution in [-0.4, -0.2) is 23.8 Å². The van der Waals surface area contributed by atoms with Gasteiger partial charge in [0.2, 0.25) is 0 Å². The van der Waals surface area contributed by atoms with Crippen molar-refractivity contribution in [2.24, 2.45) is 16.7 Å². The quantitative estimate of drug-likeness (QED) is 0.751. The van der Waals surface area contributed by atoms with E-state index in [1.54, 1.807) is 0 Å². The molecule has 0 aromatic carbocycles. The second-order valence-corrected chi connectivity index (χ2v) is 6.65. The van der Waals surface area contributed by atoms with Crippen molar-refractivity contribution in [2.75, 3.05) is 6.54 Å². The smallest absolute Gasteiger partial charge is 0.0621 e. The van der Waals surface area contributed by atoms with Gasteiger partial charge in [-0.1, -0.05) is 41.5 Å². The summed E-state index contributed by atoms with van der Waals surface area (Å²) in [5.74, 6) is 0.679. The van der Waals surface area contributed by atoms with E-state index >= 15 is 0 Å². The molecule has 0 amide bonds. The van der Waals surface area contributed by atoms with Crippen molar-refractivity contribution in [3.05, 3.63) is 0 Å². The minimum absolute atomic E-state index is 0.0487. The van der Waals surface area contributed by atoms with Crippen LogP contribution in [0.25, 0.3) is 0 Å². The van der Waals surface area contributed by atoms with Crippen LogP contribution in [0.4, 0.5) is 0 Å². The zero-order valence-electron chi connectivity index (χ0n) is 11.1. The van der Waals surface area contributed by atoms with Gasteiger partial charge in [-0.3, -0.25) is 0 Å². The number of aliphatic hydroxyl groups excluding tert-OH is 1. The lowest BCUT2D eigenvalue weighted by Crippen LogP contribution is -2.61. The Morgan fingerprint density at radius 2 is 1.93 bits per heavy atom. The van der Waals surface area contributed by atoms with E-state index in [4.69, 9.17) is 0 Å². The van der Waals surface area contributed by atoms with E-state index < -0.39 is 0 Å². The van der Waals surface area contributed by atoms with E-state index in [9.17, 15) is 5.11 Å². The molecule has 2 heteroatoms. The standard InChI is InChI=1S/C13H27NO/c1-9(2)12(3,4)8-14-10-7-11(15)13(10,5)6/h9-11,14-15H,7-8H2,1-6H3. The Kier molecular flexibility index (Phi) is 3.52. The molecule has 2 atom stereocenters. The van der Waals surface area contributed by atoms with Crippen molar-refractivity contribution >= 4 is 0 Å². The molecule has 15 heavy (non-hydrogen) atoms. The summed E-state index contributed by atoms with van der Waals surface area (Å²) in [5.41, 5.74) is 0.379. The molecular formula is C13H27NO. The summed E-state index contributed by atoms with van der Waals surface area (Å²) in [6, 6.07) is 0.477. The van der Waals surface area contributed by atoms with Gasteiger partial charge in [-0.25, -0.2) is 0 Å². The molecule has 2 nitrogen and oxygen atoms in total. The number of aliphatic hydroxyl groups is 1. The third-order valence-corrected chi connectivity index (χ3v) is 4.58. The highest BCUT2D eigenvalue weighted by Crippen LogP contribution is 2.41. The first-order valence-electron chi connectivity index (χ1n) is 6.09. The zero-order chi connectivity index (χ0) is 11.9. The second-order valence-electron chi connectivity index (χ2n) is 6.65. The first-order chi connectivity index (χ1) is 6.68. The molecule has 0 heterocycles. The highest BCUT2D eigenvalue weighted by atomic mass is 16.3. The SMILES string of the molecule is CC(C)C(C)(C)CNC1CC(O)C1(C)C. The van der Waals surface area contributed by atoms with Crippen molar-refractivity contribution in [3.8, 4) is 0 Å². The molecule has 0 aromatic heterocycles. The fraction of sp³-hybridized carbons (Fsp3) is 1.00. The molecular weight excluding hydrogens is 186 g/mol. The highest BCUT2D eigenvalue weighted by Gasteiger charge is 2.47. The normalized spacial score (nSPS) is 30.4. The van der Waals surface area contributed by atoms with Crippen molar-refractivity contribution < 1.29 is 5.11 Å². The van der Waals surface area contributed by atoms with Crippen LogP contribution in [0.2, 0.25) is 0 Å². The van der Waals surface area contributed by atoms with Gasteiger partial charge < -0.3 is 10.4 Å². The van der Waals surface area contributed by atoms with Gasteiger partial charge in [-0.05, 0) is 17.8 Å². The summed E-state index contributed by atoms with van der Waals surface area (Å²) in [4.78, 5) is 0. The van der Waals surface area contributed by atoms with Crippen LogP contribution in [-0.2, 0) is 0 Å². The third kappa shape index (κ3) is 2.54. The number of nitrogens with one attached hydrogen (secondary N) is 1. The zero-order valence-corrected chi connectivity index (χ0v) is 11.1. The van der Waals surface area contributed by atoms with Crippen LogP contribution in [0.15, 0.2) is 0 Å². The topological polar surface area (TPSA) is 32.3 Å². The molecule has 0 aromatic rings. The first-order valence-corrected chi connectivity index (χ1v) is 6.09. The molecule has 0 saturated heterocycles. The monoisotopic (exact) mass is 213 g/mol. The molecule has 0 spiro atoms. The fourth-order valence-corrected chi connectivity index (χ4v) is 1.84. The Morgan fingerprint density at radius 3 is 2.27 bits per heavy atom. The lowest BCUT2D eigenvalue weighted by molar-refractivity contribution is -0.0754. The van der Waals surface area contributed by atoms with E-state index in [2.05, 4.69) is 46.9 Å². The van der Waals surface area contributed by atoms with E-state index in [1.807, 2.05) is 0 Å². The lowest BCUT2D eigenvalue weighted by Gasteiger charge is -2.50. The average molecular weight is 213 g/mol. The van der Waals surface area contributed by atoms with Crippen LogP contribution < -0.4 is 5.32 Å². The molecule has 0 aliphatic heterocycles. The molecule has 1 rings (SSSR count). The Hall–Kier alpha value is -0.0800. The summed E-state index contributed by atoms with van der Waals surface area (Å²) >= 11 is 0. The van der Waals surface area contributed by atoms with Gasteiger partial charge in [0.1, 0.15) is 0 Å². The van der Waals surface area contributed by atoms with Crippen LogP contribution in [0.1, 0.15) is 48.0 Å². The van der Waals surface area contributed by atoms with Gasteiger partial charge in [0.15, 0.2) is 0 Å². The summed E-state index contributed by atoms with van der Waals surface area (Å²) in [6.45, 7) is 14.4. The first kappa shape index (κ1) is 13.0. The maximum Gasteiger partial charge on any atom is 0.0621 e. The number of hydrogen-bond acceptors (Lipinski definition) is 2. The van der Waals surface area contributed by atoms with Gasteiger partial charge in [0, 0.05) is 18.0 Å². The minimum atomic E-state index is -0.128. The Labute approximate surface area is 94.5 Å². The third-order valence-electron chi connectivity index (χ3n) is 4.58. The van der Waals surface area contributed by atoms with Gasteiger partial charge in [-0.15, -0.1) is 0 Å². The number of hydrogen-bond donors (Lipinski definition) is 2. The predicted octanol–water partition coefficient (Wildman–Crippen LogP) is 2.42. The second kappa shape index (κ2) is 4.06. The molecule has 1 saturated carbocycles. The van der Waals surface area contributed by atoms with Gasteiger partial charge in [-0.2, -0.15) is 0 Å². The van der Waals surface area contributed by atoms with Gasteiger partial charge in [0.05, 0.1) is 6.10 Å². The largest absolute Gasteiger partial charge is 0.392 e. The van der Waals surface area contributed by atoms with Crippen LogP contribution in [0, 0.1) is 16.7 Å². The maximum atomic E-state index is 9.64. The van der Waals surface area contributed by atoms with Crippen LogP contribution in [0.3, 0.4) is 0 Å². The number of rotatable bonds is 4. The molecule has 2 unspecified atom stereocenters. The Bertz CT molecular complexity index is 221.